The van der Waals surface area contributed by atoms with E-state index in [1.807, 2.05) is 6.07 Å². The van der Waals surface area contributed by atoms with E-state index >= 15 is 0 Å². The summed E-state index contributed by atoms with van der Waals surface area (Å²) >= 11 is 0. The zero-order chi connectivity index (χ0) is 16.4. The second-order valence-corrected chi connectivity index (χ2v) is 5.43. The number of aliphatic hydroxyl groups excluding tert-OH is 1. The Morgan fingerprint density at radius 3 is 2.74 bits per heavy atom. The summed E-state index contributed by atoms with van der Waals surface area (Å²) in [7, 11) is 0. The molecule has 0 aliphatic carbocycles. The van der Waals surface area contributed by atoms with Gasteiger partial charge in [-0.1, -0.05) is 0 Å². The van der Waals surface area contributed by atoms with E-state index < -0.39 is 0 Å². The number of rotatable bonds is 5. The van der Waals surface area contributed by atoms with Gasteiger partial charge >= 0.3 is 0 Å². The Morgan fingerprint density at radius 1 is 1.30 bits per heavy atom. The van der Waals surface area contributed by atoms with Gasteiger partial charge in [-0.15, -0.1) is 0 Å². The number of hydrogen-bond acceptors (Lipinski definition) is 5. The van der Waals surface area contributed by atoms with E-state index in [9.17, 15) is 9.59 Å². The first-order valence-electron chi connectivity index (χ1n) is 7.40. The Labute approximate surface area is 132 Å². The molecule has 1 aliphatic heterocycles. The number of fused-ring (bicyclic) bond motifs is 2. The third kappa shape index (κ3) is 3.14. The van der Waals surface area contributed by atoms with Crippen LogP contribution in [0.4, 0.5) is 0 Å². The van der Waals surface area contributed by atoms with Gasteiger partial charge in [0.2, 0.25) is 12.7 Å². The summed E-state index contributed by atoms with van der Waals surface area (Å²) in [4.78, 5) is 28.3. The third-order valence-electron chi connectivity index (χ3n) is 3.81. The Bertz CT molecular complexity index is 799. The molecule has 0 radical (unpaired) electrons. The molecule has 0 atom stereocenters. The van der Waals surface area contributed by atoms with Crippen LogP contribution in [0.15, 0.2) is 23.0 Å². The van der Waals surface area contributed by atoms with Crippen LogP contribution in [0.3, 0.4) is 0 Å². The number of aromatic nitrogens is 1. The van der Waals surface area contributed by atoms with Crippen molar-refractivity contribution in [2.75, 3.05) is 19.9 Å². The number of hydrogen-bond donors (Lipinski definition) is 2. The summed E-state index contributed by atoms with van der Waals surface area (Å²) in [6.07, 6.45) is 0.476. The number of nitrogens with zero attached hydrogens (tertiary/aromatic N) is 1. The predicted octanol–water partition coefficient (Wildman–Crippen LogP) is 0.988. The Morgan fingerprint density at radius 2 is 2.04 bits per heavy atom. The fourth-order valence-electron chi connectivity index (χ4n) is 2.57. The lowest BCUT2D eigenvalue weighted by molar-refractivity contribution is -0.129. The standard InChI is InChI=1S/C16H18N2O5/c1-10(20)18(3-2-4-19)8-12-5-11-6-14-15(23-9-22-14)7-13(11)17-16(12)21/h5-7,19H,2-4,8-9H2,1H3,(H,17,21). The lowest BCUT2D eigenvalue weighted by atomic mass is 10.1. The fraction of sp³-hybridized carbons (Fsp3) is 0.375. The molecule has 0 fully saturated rings. The second kappa shape index (κ2) is 6.29. The highest BCUT2D eigenvalue weighted by Crippen LogP contribution is 2.35. The molecule has 0 spiro atoms. The van der Waals surface area contributed by atoms with Gasteiger partial charge in [-0.25, -0.2) is 0 Å². The molecule has 1 amide bonds. The second-order valence-electron chi connectivity index (χ2n) is 5.43. The number of aliphatic hydroxyl groups is 1. The maximum absolute atomic E-state index is 12.3. The average molecular weight is 318 g/mol. The molecule has 7 heteroatoms. The molecule has 0 bridgehead atoms. The molecule has 2 heterocycles. The van der Waals surface area contributed by atoms with Crippen LogP contribution in [0.1, 0.15) is 18.9 Å². The Balaban J connectivity index is 1.94. The number of pyridine rings is 1. The SMILES string of the molecule is CC(=O)N(CCCO)Cc1cc2cc3c(cc2[nH]c1=O)OCO3. The molecule has 1 aromatic heterocycles. The maximum Gasteiger partial charge on any atom is 0.253 e. The summed E-state index contributed by atoms with van der Waals surface area (Å²) < 4.78 is 10.6. The fourth-order valence-corrected chi connectivity index (χ4v) is 2.57. The van der Waals surface area contributed by atoms with Crippen molar-refractivity contribution >= 4 is 16.8 Å². The number of carbonyl (C=O) groups is 1. The topological polar surface area (TPSA) is 91.9 Å². The average Bonchev–Trinajstić information content (AvgIpc) is 2.96. The van der Waals surface area contributed by atoms with Crippen LogP contribution in [0.2, 0.25) is 0 Å². The van der Waals surface area contributed by atoms with E-state index in [-0.39, 0.29) is 31.4 Å². The molecular formula is C16H18N2O5. The van der Waals surface area contributed by atoms with Gasteiger partial charge in [0, 0.05) is 37.1 Å². The quantitative estimate of drug-likeness (QED) is 0.858. The first-order valence-corrected chi connectivity index (χ1v) is 7.40. The van der Waals surface area contributed by atoms with Crippen LogP contribution < -0.4 is 15.0 Å². The minimum absolute atomic E-state index is 0.00132. The van der Waals surface area contributed by atoms with Crippen molar-refractivity contribution in [1.82, 2.24) is 9.88 Å². The summed E-state index contributed by atoms with van der Waals surface area (Å²) in [5, 5.41) is 9.73. The van der Waals surface area contributed by atoms with Gasteiger partial charge in [0.1, 0.15) is 0 Å². The summed E-state index contributed by atoms with van der Waals surface area (Å²) in [6, 6.07) is 5.30. The minimum atomic E-state index is -0.244. The van der Waals surface area contributed by atoms with Crippen molar-refractivity contribution in [3.63, 3.8) is 0 Å². The van der Waals surface area contributed by atoms with Gasteiger partial charge in [0.15, 0.2) is 11.5 Å². The van der Waals surface area contributed by atoms with Crippen LogP contribution in [0, 0.1) is 0 Å². The van der Waals surface area contributed by atoms with Gasteiger partial charge < -0.3 is 24.5 Å². The summed E-state index contributed by atoms with van der Waals surface area (Å²) in [5.74, 6) is 1.11. The summed E-state index contributed by atoms with van der Waals surface area (Å²) in [6.45, 7) is 2.23. The van der Waals surface area contributed by atoms with Gasteiger partial charge in [-0.2, -0.15) is 0 Å². The zero-order valence-electron chi connectivity index (χ0n) is 12.8. The van der Waals surface area contributed by atoms with E-state index in [1.165, 1.54) is 6.92 Å². The first kappa shape index (κ1) is 15.4. The molecule has 0 saturated carbocycles. The molecule has 7 nitrogen and oxygen atoms in total. The van der Waals surface area contributed by atoms with Crippen LogP contribution in [0.5, 0.6) is 11.5 Å². The highest BCUT2D eigenvalue weighted by atomic mass is 16.7. The van der Waals surface area contributed by atoms with Crippen molar-refractivity contribution in [2.45, 2.75) is 19.9 Å². The van der Waals surface area contributed by atoms with Crippen LogP contribution in [0.25, 0.3) is 10.9 Å². The van der Waals surface area contributed by atoms with Gasteiger partial charge in [-0.3, -0.25) is 9.59 Å². The molecular weight excluding hydrogens is 300 g/mol. The number of aromatic amines is 1. The van der Waals surface area contributed by atoms with E-state index in [4.69, 9.17) is 14.6 Å². The van der Waals surface area contributed by atoms with Crippen LogP contribution in [-0.2, 0) is 11.3 Å². The van der Waals surface area contributed by atoms with E-state index in [0.29, 0.717) is 35.5 Å². The largest absolute Gasteiger partial charge is 0.454 e. The Hall–Kier alpha value is -2.54. The summed E-state index contributed by atoms with van der Waals surface area (Å²) in [5.41, 5.74) is 0.906. The smallest absolute Gasteiger partial charge is 0.253 e. The van der Waals surface area contributed by atoms with Crippen LogP contribution >= 0.6 is 0 Å². The number of carbonyl (C=O) groups excluding carboxylic acids is 1. The monoisotopic (exact) mass is 318 g/mol. The zero-order valence-corrected chi connectivity index (χ0v) is 12.8. The molecule has 23 heavy (non-hydrogen) atoms. The van der Waals surface area contributed by atoms with Crippen molar-refractivity contribution in [3.05, 3.63) is 34.1 Å². The molecule has 0 saturated heterocycles. The Kier molecular flexibility index (Phi) is 4.20. The number of H-pyrrole nitrogens is 1. The molecule has 2 aromatic rings. The van der Waals surface area contributed by atoms with Gasteiger partial charge in [0.25, 0.3) is 5.56 Å². The van der Waals surface area contributed by atoms with E-state index in [1.54, 1.807) is 17.0 Å². The lowest BCUT2D eigenvalue weighted by Gasteiger charge is -2.20. The molecule has 122 valence electrons. The molecule has 2 N–H and O–H groups in total. The van der Waals surface area contributed by atoms with Crippen molar-refractivity contribution in [1.29, 1.82) is 0 Å². The molecule has 1 aliphatic rings. The predicted molar refractivity (Wildman–Crippen MR) is 83.5 cm³/mol. The number of ether oxygens (including phenoxy) is 2. The number of nitrogens with one attached hydrogen (secondary N) is 1. The van der Waals surface area contributed by atoms with Crippen molar-refractivity contribution in [2.24, 2.45) is 0 Å². The van der Waals surface area contributed by atoms with Crippen LogP contribution in [-0.4, -0.2) is 40.8 Å². The number of amides is 1. The highest BCUT2D eigenvalue weighted by Gasteiger charge is 2.17. The van der Waals surface area contributed by atoms with Crippen molar-refractivity contribution < 1.29 is 19.4 Å². The molecule has 0 unspecified atom stereocenters. The number of benzene rings is 1. The van der Waals surface area contributed by atoms with Gasteiger partial charge in [0.05, 0.1) is 12.1 Å². The first-order chi connectivity index (χ1) is 11.1. The molecule has 3 rings (SSSR count). The lowest BCUT2D eigenvalue weighted by Crippen LogP contribution is -2.32. The van der Waals surface area contributed by atoms with Crippen molar-refractivity contribution in [3.8, 4) is 11.5 Å². The van der Waals surface area contributed by atoms with Gasteiger partial charge in [-0.05, 0) is 18.6 Å². The minimum Gasteiger partial charge on any atom is -0.454 e. The normalized spacial score (nSPS) is 12.6. The van der Waals surface area contributed by atoms with E-state index in [2.05, 4.69) is 4.98 Å². The molecule has 1 aromatic carbocycles. The maximum atomic E-state index is 12.3. The highest BCUT2D eigenvalue weighted by molar-refractivity contribution is 5.83. The third-order valence-corrected chi connectivity index (χ3v) is 3.81. The van der Waals surface area contributed by atoms with E-state index in [0.717, 1.165) is 5.39 Å².